The lowest BCUT2D eigenvalue weighted by atomic mass is 9.98. The third kappa shape index (κ3) is 6.03. The lowest BCUT2D eigenvalue weighted by Crippen LogP contribution is -2.48. The zero-order valence-electron chi connectivity index (χ0n) is 13.4. The predicted molar refractivity (Wildman–Crippen MR) is 89.2 cm³/mol. The lowest BCUT2D eigenvalue weighted by Gasteiger charge is -2.36. The van der Waals surface area contributed by atoms with Crippen LogP contribution in [0.2, 0.25) is 0 Å². The maximum Gasteiger partial charge on any atom is 0.0829 e. The van der Waals surface area contributed by atoms with E-state index in [1.807, 2.05) is 0 Å². The summed E-state index contributed by atoms with van der Waals surface area (Å²) in [7, 11) is 2.21. The Labute approximate surface area is 136 Å². The Balaban J connectivity index is 0.00000161. The molecule has 1 N–H and O–H groups in total. The van der Waals surface area contributed by atoms with Crippen LogP contribution in [0.15, 0.2) is 0 Å². The van der Waals surface area contributed by atoms with E-state index < -0.39 is 0 Å². The molecule has 1 aliphatic carbocycles. The minimum atomic E-state index is 0. The van der Waals surface area contributed by atoms with Crippen molar-refractivity contribution in [2.45, 2.75) is 31.8 Å². The van der Waals surface area contributed by atoms with Crippen LogP contribution in [0.4, 0.5) is 0 Å². The summed E-state index contributed by atoms with van der Waals surface area (Å²) in [4.78, 5) is 5.12. The molecular formula is C16H32ClN3O. The zero-order valence-corrected chi connectivity index (χ0v) is 14.2. The van der Waals surface area contributed by atoms with E-state index in [4.69, 9.17) is 4.74 Å². The maximum absolute atomic E-state index is 5.97. The molecule has 21 heavy (non-hydrogen) atoms. The van der Waals surface area contributed by atoms with E-state index >= 15 is 0 Å². The van der Waals surface area contributed by atoms with Gasteiger partial charge in [0.05, 0.1) is 12.7 Å². The Morgan fingerprint density at radius 2 is 1.95 bits per heavy atom. The van der Waals surface area contributed by atoms with E-state index in [1.165, 1.54) is 51.9 Å². The maximum atomic E-state index is 5.97. The van der Waals surface area contributed by atoms with Crippen molar-refractivity contribution in [2.24, 2.45) is 11.8 Å². The highest BCUT2D eigenvalue weighted by molar-refractivity contribution is 5.85. The number of ether oxygens (including phenoxy) is 1. The van der Waals surface area contributed by atoms with Crippen molar-refractivity contribution in [3.8, 4) is 0 Å². The Morgan fingerprint density at radius 1 is 1.14 bits per heavy atom. The number of nitrogens with zero attached hydrogens (tertiary/aromatic N) is 2. The standard InChI is InChI=1S/C16H31N3O.ClH/c1-18-7-8-20-16(12-18)13-19(10-14-4-5-14)11-15-3-2-6-17-9-15;/h14-17H,2-13H2,1H3;1H. The SMILES string of the molecule is CN1CCOC(CN(CC2CC2)CC2CCCNC2)C1.Cl. The van der Waals surface area contributed by atoms with Crippen LogP contribution in [0.5, 0.6) is 0 Å². The summed E-state index contributed by atoms with van der Waals surface area (Å²) in [5.41, 5.74) is 0. The highest BCUT2D eigenvalue weighted by Crippen LogP contribution is 2.30. The van der Waals surface area contributed by atoms with E-state index in [0.29, 0.717) is 6.10 Å². The van der Waals surface area contributed by atoms with Crippen molar-refractivity contribution in [3.63, 3.8) is 0 Å². The van der Waals surface area contributed by atoms with Crippen LogP contribution >= 0.6 is 12.4 Å². The van der Waals surface area contributed by atoms with Gasteiger partial charge < -0.3 is 19.9 Å². The van der Waals surface area contributed by atoms with Crippen molar-refractivity contribution in [1.82, 2.24) is 15.1 Å². The first-order valence-electron chi connectivity index (χ1n) is 8.53. The molecule has 4 nitrogen and oxygen atoms in total. The normalized spacial score (nSPS) is 31.1. The van der Waals surface area contributed by atoms with Crippen LogP contribution in [0, 0.1) is 11.8 Å². The average Bonchev–Trinajstić information content (AvgIpc) is 3.24. The molecule has 0 spiro atoms. The van der Waals surface area contributed by atoms with E-state index in [2.05, 4.69) is 22.2 Å². The first kappa shape index (κ1) is 17.5. The van der Waals surface area contributed by atoms with Gasteiger partial charge in [0.1, 0.15) is 0 Å². The van der Waals surface area contributed by atoms with Gasteiger partial charge in [0, 0.05) is 32.7 Å². The number of rotatable bonds is 6. The average molecular weight is 318 g/mol. The molecule has 124 valence electrons. The topological polar surface area (TPSA) is 27.7 Å². The number of hydrogen-bond acceptors (Lipinski definition) is 4. The first-order chi connectivity index (χ1) is 9.79. The fourth-order valence-electron chi connectivity index (χ4n) is 3.60. The Bertz CT molecular complexity index is 295. The number of likely N-dealkylation sites (N-methyl/N-ethyl adjacent to an activating group) is 1. The van der Waals surface area contributed by atoms with Crippen LogP contribution in [0.25, 0.3) is 0 Å². The van der Waals surface area contributed by atoms with Gasteiger partial charge in [-0.05, 0) is 57.7 Å². The van der Waals surface area contributed by atoms with Crippen molar-refractivity contribution < 1.29 is 4.74 Å². The smallest absolute Gasteiger partial charge is 0.0829 e. The second-order valence-electron chi connectivity index (χ2n) is 7.13. The van der Waals surface area contributed by atoms with Gasteiger partial charge in [-0.2, -0.15) is 0 Å². The third-order valence-electron chi connectivity index (χ3n) is 4.93. The third-order valence-corrected chi connectivity index (χ3v) is 4.93. The molecule has 3 fully saturated rings. The monoisotopic (exact) mass is 317 g/mol. The fraction of sp³-hybridized carbons (Fsp3) is 1.00. The molecule has 2 saturated heterocycles. The summed E-state index contributed by atoms with van der Waals surface area (Å²) >= 11 is 0. The molecule has 3 rings (SSSR count). The van der Waals surface area contributed by atoms with Gasteiger partial charge in [-0.3, -0.25) is 0 Å². The van der Waals surface area contributed by atoms with Gasteiger partial charge in [0.25, 0.3) is 0 Å². The van der Waals surface area contributed by atoms with Crippen molar-refractivity contribution in [2.75, 3.05) is 59.5 Å². The summed E-state index contributed by atoms with van der Waals surface area (Å²) in [6, 6.07) is 0. The molecule has 2 heterocycles. The summed E-state index contributed by atoms with van der Waals surface area (Å²) in [5.74, 6) is 1.83. The molecule has 0 aromatic heterocycles. The molecule has 0 radical (unpaired) electrons. The van der Waals surface area contributed by atoms with Crippen LogP contribution in [0.3, 0.4) is 0 Å². The van der Waals surface area contributed by atoms with Crippen molar-refractivity contribution in [3.05, 3.63) is 0 Å². The molecule has 5 heteroatoms. The molecule has 0 aromatic carbocycles. The predicted octanol–water partition coefficient (Wildman–Crippen LogP) is 1.45. The summed E-state index contributed by atoms with van der Waals surface area (Å²) in [6.07, 6.45) is 6.07. The van der Waals surface area contributed by atoms with Gasteiger partial charge in [-0.15, -0.1) is 12.4 Å². The summed E-state index contributed by atoms with van der Waals surface area (Å²) in [6.45, 7) is 9.24. The van der Waals surface area contributed by atoms with Crippen LogP contribution in [-0.2, 0) is 4.74 Å². The van der Waals surface area contributed by atoms with Crippen LogP contribution in [0.1, 0.15) is 25.7 Å². The summed E-state index contributed by atoms with van der Waals surface area (Å²) < 4.78 is 5.97. The largest absolute Gasteiger partial charge is 0.374 e. The highest BCUT2D eigenvalue weighted by Gasteiger charge is 2.28. The van der Waals surface area contributed by atoms with Gasteiger partial charge in [-0.1, -0.05) is 0 Å². The molecule has 1 saturated carbocycles. The van der Waals surface area contributed by atoms with E-state index in [-0.39, 0.29) is 12.4 Å². The van der Waals surface area contributed by atoms with Gasteiger partial charge >= 0.3 is 0 Å². The lowest BCUT2D eigenvalue weighted by molar-refractivity contribution is -0.0382. The Kier molecular flexibility index (Phi) is 7.23. The van der Waals surface area contributed by atoms with Crippen LogP contribution < -0.4 is 5.32 Å². The molecule has 0 aromatic rings. The van der Waals surface area contributed by atoms with Crippen molar-refractivity contribution in [1.29, 1.82) is 0 Å². The molecular weight excluding hydrogens is 286 g/mol. The Morgan fingerprint density at radius 3 is 2.62 bits per heavy atom. The second kappa shape index (κ2) is 8.68. The molecule has 2 aliphatic heterocycles. The highest BCUT2D eigenvalue weighted by atomic mass is 35.5. The van der Waals surface area contributed by atoms with E-state index in [0.717, 1.165) is 38.1 Å². The number of piperidine rings is 1. The quantitative estimate of drug-likeness (QED) is 0.802. The minimum absolute atomic E-state index is 0. The molecule has 2 unspecified atom stereocenters. The molecule has 2 atom stereocenters. The molecule has 0 amide bonds. The van der Waals surface area contributed by atoms with E-state index in [9.17, 15) is 0 Å². The van der Waals surface area contributed by atoms with Gasteiger partial charge in [0.15, 0.2) is 0 Å². The number of halogens is 1. The van der Waals surface area contributed by atoms with Gasteiger partial charge in [-0.25, -0.2) is 0 Å². The zero-order chi connectivity index (χ0) is 13.8. The number of nitrogens with one attached hydrogen (secondary N) is 1. The van der Waals surface area contributed by atoms with E-state index in [1.54, 1.807) is 0 Å². The number of hydrogen-bond donors (Lipinski definition) is 1. The minimum Gasteiger partial charge on any atom is -0.374 e. The Hall–Kier alpha value is 0.130. The molecule has 0 bridgehead atoms. The second-order valence-corrected chi connectivity index (χ2v) is 7.13. The van der Waals surface area contributed by atoms with Gasteiger partial charge in [0.2, 0.25) is 0 Å². The van der Waals surface area contributed by atoms with Crippen molar-refractivity contribution >= 4 is 12.4 Å². The molecule has 3 aliphatic rings. The summed E-state index contributed by atoms with van der Waals surface area (Å²) in [5, 5.41) is 3.55. The first-order valence-corrected chi connectivity index (χ1v) is 8.53. The fourth-order valence-corrected chi connectivity index (χ4v) is 3.60. The number of morpholine rings is 1. The van der Waals surface area contributed by atoms with Crippen LogP contribution in [-0.4, -0.2) is 75.4 Å².